The van der Waals surface area contributed by atoms with Crippen LogP contribution in [0.25, 0.3) is 0 Å². The molecule has 0 unspecified atom stereocenters. The maximum Gasteiger partial charge on any atom is 0.245 e. The van der Waals surface area contributed by atoms with Crippen molar-refractivity contribution >= 4 is 53.3 Å². The molecule has 0 aromatic heterocycles. The third-order valence-corrected chi connectivity index (χ3v) is 8.48. The van der Waals surface area contributed by atoms with Crippen LogP contribution < -0.4 is 9.62 Å². The molecule has 1 amide bonds. The topological polar surface area (TPSA) is 104 Å². The van der Waals surface area contributed by atoms with Gasteiger partial charge in [-0.25, -0.2) is 16.8 Å². The molecule has 3 rings (SSSR count). The van der Waals surface area contributed by atoms with Crippen LogP contribution in [0.5, 0.6) is 0 Å². The van der Waals surface area contributed by atoms with Gasteiger partial charge < -0.3 is 5.32 Å². The number of rotatable bonds is 7. The average Bonchev–Trinajstić information content (AvgIpc) is 2.73. The second kappa shape index (κ2) is 9.68. The van der Waals surface area contributed by atoms with Gasteiger partial charge in [-0.05, 0) is 61.4 Å². The fraction of sp³-hybridized carbons (Fsp3) is 0.350. The summed E-state index contributed by atoms with van der Waals surface area (Å²) in [6.07, 6.45) is 3.76. The molecule has 1 saturated heterocycles. The van der Waals surface area contributed by atoms with E-state index in [1.54, 1.807) is 24.3 Å². The molecule has 1 N–H and O–H groups in total. The average molecular weight is 530 g/mol. The molecule has 0 radical (unpaired) electrons. The summed E-state index contributed by atoms with van der Waals surface area (Å²) in [7, 11) is -7.24. The quantitative estimate of drug-likeness (QED) is 0.593. The SMILES string of the molecule is CS(=O)(=O)N(CC(=O)Nc1ccc(S(=O)(=O)N2CCCCC2)cc1)c1ccc(Br)cc1. The lowest BCUT2D eigenvalue weighted by molar-refractivity contribution is -0.114. The van der Waals surface area contributed by atoms with Crippen molar-refractivity contribution in [2.75, 3.05) is 35.5 Å². The molecule has 0 saturated carbocycles. The fourth-order valence-corrected chi connectivity index (χ4v) is 5.94. The highest BCUT2D eigenvalue weighted by atomic mass is 79.9. The van der Waals surface area contributed by atoms with Crippen molar-refractivity contribution < 1.29 is 21.6 Å². The maximum absolute atomic E-state index is 12.7. The van der Waals surface area contributed by atoms with Gasteiger partial charge in [0.25, 0.3) is 0 Å². The van der Waals surface area contributed by atoms with Crippen molar-refractivity contribution in [2.24, 2.45) is 0 Å². The van der Waals surface area contributed by atoms with Gasteiger partial charge in [-0.15, -0.1) is 0 Å². The minimum absolute atomic E-state index is 0.167. The van der Waals surface area contributed by atoms with Gasteiger partial charge in [0.05, 0.1) is 16.8 Å². The van der Waals surface area contributed by atoms with Crippen molar-refractivity contribution in [2.45, 2.75) is 24.2 Å². The number of anilines is 2. The third kappa shape index (κ3) is 6.06. The summed E-state index contributed by atoms with van der Waals surface area (Å²) in [6, 6.07) is 12.5. The monoisotopic (exact) mass is 529 g/mol. The number of carbonyl (C=O) groups is 1. The molecule has 168 valence electrons. The Morgan fingerprint density at radius 2 is 1.55 bits per heavy atom. The van der Waals surface area contributed by atoms with Gasteiger partial charge in [0.1, 0.15) is 6.54 Å². The second-order valence-electron chi connectivity index (χ2n) is 7.28. The zero-order valence-corrected chi connectivity index (χ0v) is 20.2. The third-order valence-electron chi connectivity index (χ3n) is 4.89. The van der Waals surface area contributed by atoms with Crippen LogP contribution >= 0.6 is 15.9 Å². The second-order valence-corrected chi connectivity index (χ2v) is 12.0. The Labute approximate surface area is 191 Å². The molecular formula is C20H24BrN3O5S2. The van der Waals surface area contributed by atoms with Crippen LogP contribution in [0, 0.1) is 0 Å². The van der Waals surface area contributed by atoms with Crippen LogP contribution in [0.4, 0.5) is 11.4 Å². The first-order chi connectivity index (χ1) is 14.6. The van der Waals surface area contributed by atoms with Crippen LogP contribution in [-0.2, 0) is 24.8 Å². The molecular weight excluding hydrogens is 506 g/mol. The summed E-state index contributed by atoms with van der Waals surface area (Å²) in [5.74, 6) is -0.542. The van der Waals surface area contributed by atoms with Gasteiger partial charge in [-0.1, -0.05) is 22.4 Å². The van der Waals surface area contributed by atoms with E-state index in [0.717, 1.165) is 34.3 Å². The summed E-state index contributed by atoms with van der Waals surface area (Å²) >= 11 is 3.29. The molecule has 0 aliphatic carbocycles. The van der Waals surface area contributed by atoms with Crippen molar-refractivity contribution in [1.82, 2.24) is 4.31 Å². The van der Waals surface area contributed by atoms with Gasteiger partial charge in [-0.2, -0.15) is 4.31 Å². The maximum atomic E-state index is 12.7. The summed E-state index contributed by atoms with van der Waals surface area (Å²) in [5.41, 5.74) is 0.746. The Morgan fingerprint density at radius 3 is 2.10 bits per heavy atom. The van der Waals surface area contributed by atoms with Crippen LogP contribution in [-0.4, -0.2) is 52.9 Å². The van der Waals surface area contributed by atoms with E-state index in [1.165, 1.54) is 28.6 Å². The summed E-state index contributed by atoms with van der Waals surface area (Å²) < 4.78 is 53.1. The molecule has 1 aliphatic rings. The molecule has 1 aliphatic heterocycles. The first-order valence-corrected chi connectivity index (χ1v) is 13.8. The molecule has 8 nitrogen and oxygen atoms in total. The number of halogens is 1. The predicted octanol–water partition coefficient (Wildman–Crippen LogP) is 3.03. The van der Waals surface area contributed by atoms with E-state index in [1.807, 2.05) is 0 Å². The lowest BCUT2D eigenvalue weighted by Gasteiger charge is -2.26. The molecule has 0 atom stereocenters. The number of nitrogens with zero attached hydrogens (tertiary/aromatic N) is 2. The summed E-state index contributed by atoms with van der Waals surface area (Å²) in [6.45, 7) is 0.616. The molecule has 2 aromatic rings. The zero-order valence-electron chi connectivity index (χ0n) is 17.0. The standard InChI is InChI=1S/C20H24BrN3O5S2/c1-30(26,27)24(18-9-5-16(21)6-10-18)15-20(25)22-17-7-11-19(12-8-17)31(28,29)23-13-3-2-4-14-23/h5-12H,2-4,13-15H2,1H3,(H,22,25). The largest absolute Gasteiger partial charge is 0.325 e. The highest BCUT2D eigenvalue weighted by molar-refractivity contribution is 9.10. The summed E-state index contributed by atoms with van der Waals surface area (Å²) in [5, 5.41) is 2.62. The van der Waals surface area contributed by atoms with Crippen molar-refractivity contribution in [3.63, 3.8) is 0 Å². The van der Waals surface area contributed by atoms with E-state index in [2.05, 4.69) is 21.2 Å². The van der Waals surface area contributed by atoms with Crippen molar-refractivity contribution in [1.29, 1.82) is 0 Å². The Balaban J connectivity index is 1.70. The first-order valence-electron chi connectivity index (χ1n) is 9.71. The molecule has 31 heavy (non-hydrogen) atoms. The van der Waals surface area contributed by atoms with Crippen LogP contribution in [0.15, 0.2) is 57.9 Å². The van der Waals surface area contributed by atoms with Crippen molar-refractivity contribution in [3.8, 4) is 0 Å². The van der Waals surface area contributed by atoms with E-state index in [9.17, 15) is 21.6 Å². The highest BCUT2D eigenvalue weighted by Gasteiger charge is 2.26. The van der Waals surface area contributed by atoms with E-state index in [-0.39, 0.29) is 4.90 Å². The smallest absolute Gasteiger partial charge is 0.245 e. The van der Waals surface area contributed by atoms with Crippen LogP contribution in [0.2, 0.25) is 0 Å². The number of piperidine rings is 1. The van der Waals surface area contributed by atoms with Crippen LogP contribution in [0.1, 0.15) is 19.3 Å². The number of amides is 1. The van der Waals surface area contributed by atoms with Gasteiger partial charge in [0, 0.05) is 23.2 Å². The lowest BCUT2D eigenvalue weighted by atomic mass is 10.2. The Kier molecular flexibility index (Phi) is 7.40. The van der Waals surface area contributed by atoms with E-state index in [0.29, 0.717) is 24.5 Å². The number of carbonyl (C=O) groups excluding carboxylic acids is 1. The number of sulfonamides is 2. The normalized spacial score (nSPS) is 15.4. The predicted molar refractivity (Wildman–Crippen MR) is 124 cm³/mol. The van der Waals surface area contributed by atoms with Gasteiger partial charge >= 0.3 is 0 Å². The van der Waals surface area contributed by atoms with E-state index in [4.69, 9.17) is 0 Å². The Hall–Kier alpha value is -1.95. The van der Waals surface area contributed by atoms with Gasteiger partial charge in [0.15, 0.2) is 0 Å². The summed E-state index contributed by atoms with van der Waals surface area (Å²) in [4.78, 5) is 12.7. The fourth-order valence-electron chi connectivity index (χ4n) is 3.30. The number of benzene rings is 2. The van der Waals surface area contributed by atoms with Gasteiger partial charge in [0.2, 0.25) is 26.0 Å². The number of nitrogens with one attached hydrogen (secondary N) is 1. The molecule has 0 bridgehead atoms. The van der Waals surface area contributed by atoms with E-state index < -0.39 is 32.5 Å². The minimum atomic E-state index is -3.68. The van der Waals surface area contributed by atoms with Crippen molar-refractivity contribution in [3.05, 3.63) is 53.0 Å². The van der Waals surface area contributed by atoms with E-state index >= 15 is 0 Å². The number of hydrogen-bond donors (Lipinski definition) is 1. The molecule has 1 fully saturated rings. The Morgan fingerprint density at radius 1 is 0.968 bits per heavy atom. The molecule has 11 heteroatoms. The minimum Gasteiger partial charge on any atom is -0.325 e. The number of hydrogen-bond acceptors (Lipinski definition) is 5. The first kappa shape index (κ1) is 23.7. The Bertz CT molecular complexity index is 1130. The molecule has 0 spiro atoms. The molecule has 1 heterocycles. The lowest BCUT2D eigenvalue weighted by Crippen LogP contribution is -2.37. The molecule has 2 aromatic carbocycles. The highest BCUT2D eigenvalue weighted by Crippen LogP contribution is 2.23. The zero-order chi connectivity index (χ0) is 22.6. The van der Waals surface area contributed by atoms with Gasteiger partial charge in [-0.3, -0.25) is 9.10 Å². The van der Waals surface area contributed by atoms with Crippen LogP contribution in [0.3, 0.4) is 0 Å².